The number of anilines is 2. The summed E-state index contributed by atoms with van der Waals surface area (Å²) in [5.74, 6) is -0.880. The lowest BCUT2D eigenvalue weighted by atomic mass is 9.86. The number of imide groups is 1. The second-order valence-corrected chi connectivity index (χ2v) is 10.7. The molecule has 4 heterocycles. The average Bonchev–Trinajstić information content (AvgIpc) is 3.44. The minimum absolute atomic E-state index is 0.230. The maximum absolute atomic E-state index is 14.2. The number of ketones is 1. The van der Waals surface area contributed by atoms with Crippen LogP contribution >= 0.6 is 15.9 Å². The maximum atomic E-state index is 14.2. The summed E-state index contributed by atoms with van der Waals surface area (Å²) in [4.78, 5) is 45.6. The summed E-state index contributed by atoms with van der Waals surface area (Å²) in [6, 6.07) is 16.6. The van der Waals surface area contributed by atoms with Crippen molar-refractivity contribution in [2.75, 3.05) is 30.1 Å². The highest BCUT2D eigenvalue weighted by atomic mass is 79.9. The van der Waals surface area contributed by atoms with Crippen LogP contribution in [0.25, 0.3) is 6.08 Å². The summed E-state index contributed by atoms with van der Waals surface area (Å²) < 4.78 is 17.3. The van der Waals surface area contributed by atoms with Crippen molar-refractivity contribution in [3.8, 4) is 17.2 Å². The summed E-state index contributed by atoms with van der Waals surface area (Å²) in [6.07, 6.45) is 3.91. The van der Waals surface area contributed by atoms with Gasteiger partial charge in [-0.15, -0.1) is 0 Å². The number of methoxy groups -OCH3 is 1. The van der Waals surface area contributed by atoms with E-state index in [-0.39, 0.29) is 11.7 Å². The number of hydrogen-bond acceptors (Lipinski definition) is 7. The Kier molecular flexibility index (Phi) is 5.52. The van der Waals surface area contributed by atoms with Gasteiger partial charge in [0.15, 0.2) is 17.3 Å². The molecule has 8 nitrogen and oxygen atoms in total. The summed E-state index contributed by atoms with van der Waals surface area (Å²) >= 11 is 3.47. The predicted molar refractivity (Wildman–Crippen MR) is 147 cm³/mol. The zero-order valence-electron chi connectivity index (χ0n) is 20.9. The Bertz CT molecular complexity index is 1590. The Morgan fingerprint density at radius 3 is 2.51 bits per heavy atom. The monoisotopic (exact) mass is 586 g/mol. The molecule has 4 atom stereocenters. The fourth-order valence-electron chi connectivity index (χ4n) is 6.23. The quantitative estimate of drug-likeness (QED) is 0.328. The van der Waals surface area contributed by atoms with E-state index in [1.807, 2.05) is 41.3 Å². The smallest absolute Gasteiger partial charge is 0.240 e. The van der Waals surface area contributed by atoms with Crippen molar-refractivity contribution < 1.29 is 28.6 Å². The van der Waals surface area contributed by atoms with Gasteiger partial charge in [0.05, 0.1) is 35.1 Å². The van der Waals surface area contributed by atoms with Crippen LogP contribution in [0.4, 0.5) is 11.4 Å². The van der Waals surface area contributed by atoms with E-state index in [0.29, 0.717) is 46.2 Å². The van der Waals surface area contributed by atoms with Crippen molar-refractivity contribution in [3.63, 3.8) is 0 Å². The lowest BCUT2D eigenvalue weighted by molar-refractivity contribution is -0.122. The molecule has 2 saturated heterocycles. The Labute approximate surface area is 232 Å². The topological polar surface area (TPSA) is 85.4 Å². The van der Waals surface area contributed by atoms with Gasteiger partial charge < -0.3 is 19.1 Å². The number of carbonyl (C=O) groups is 3. The van der Waals surface area contributed by atoms with Crippen LogP contribution in [0.2, 0.25) is 0 Å². The van der Waals surface area contributed by atoms with Gasteiger partial charge in [0, 0.05) is 17.3 Å². The van der Waals surface area contributed by atoms with Gasteiger partial charge in [-0.05, 0) is 57.9 Å². The molecule has 39 heavy (non-hydrogen) atoms. The number of para-hydroxylation sites is 1. The first kappa shape index (κ1) is 24.0. The van der Waals surface area contributed by atoms with Gasteiger partial charge in [-0.2, -0.15) is 0 Å². The third kappa shape index (κ3) is 3.52. The molecule has 4 aliphatic rings. The van der Waals surface area contributed by atoms with Crippen molar-refractivity contribution in [1.82, 2.24) is 0 Å². The fraction of sp³-hybridized carbons (Fsp3) is 0.233. The average molecular weight is 587 g/mol. The lowest BCUT2D eigenvalue weighted by Crippen LogP contribution is -2.48. The molecule has 9 heteroatoms. The number of nitrogens with zero attached hydrogens (tertiary/aromatic N) is 2. The van der Waals surface area contributed by atoms with E-state index in [4.69, 9.17) is 14.2 Å². The van der Waals surface area contributed by atoms with Crippen molar-refractivity contribution in [2.45, 2.75) is 12.1 Å². The van der Waals surface area contributed by atoms with Crippen LogP contribution in [-0.2, 0) is 9.59 Å². The van der Waals surface area contributed by atoms with E-state index in [0.717, 1.165) is 11.3 Å². The van der Waals surface area contributed by atoms with Gasteiger partial charge in [0.2, 0.25) is 11.8 Å². The number of rotatable bonds is 4. The second kappa shape index (κ2) is 8.98. The summed E-state index contributed by atoms with van der Waals surface area (Å²) in [7, 11) is 1.56. The number of fused-ring (bicyclic) bond motifs is 6. The molecule has 3 aromatic rings. The second-order valence-electron chi connectivity index (χ2n) is 9.87. The minimum atomic E-state index is -0.870. The van der Waals surface area contributed by atoms with Crippen molar-refractivity contribution in [3.05, 3.63) is 82.3 Å². The molecule has 0 N–H and O–H groups in total. The van der Waals surface area contributed by atoms with Gasteiger partial charge in [-0.25, -0.2) is 4.90 Å². The third-order valence-electron chi connectivity index (χ3n) is 7.90. The molecule has 0 spiro atoms. The Balaban J connectivity index is 1.34. The molecule has 0 aliphatic carbocycles. The molecule has 0 radical (unpaired) electrons. The van der Waals surface area contributed by atoms with Crippen LogP contribution in [0.1, 0.15) is 15.9 Å². The molecule has 0 saturated carbocycles. The molecule has 4 aliphatic heterocycles. The van der Waals surface area contributed by atoms with Gasteiger partial charge >= 0.3 is 0 Å². The van der Waals surface area contributed by atoms with E-state index in [2.05, 4.69) is 15.9 Å². The Morgan fingerprint density at radius 2 is 1.72 bits per heavy atom. The molecule has 0 bridgehead atoms. The van der Waals surface area contributed by atoms with E-state index in [9.17, 15) is 14.4 Å². The molecular formula is C30H23BrN2O6. The third-order valence-corrected chi connectivity index (χ3v) is 8.52. The minimum Gasteiger partial charge on any atom is -0.496 e. The van der Waals surface area contributed by atoms with Crippen LogP contribution < -0.4 is 24.0 Å². The van der Waals surface area contributed by atoms with Crippen LogP contribution in [0.5, 0.6) is 17.2 Å². The molecule has 7 rings (SSSR count). The summed E-state index contributed by atoms with van der Waals surface area (Å²) in [5.41, 5.74) is 2.61. The van der Waals surface area contributed by atoms with Gasteiger partial charge in [-0.3, -0.25) is 14.4 Å². The zero-order chi connectivity index (χ0) is 26.8. The van der Waals surface area contributed by atoms with Crippen molar-refractivity contribution >= 4 is 51.0 Å². The zero-order valence-corrected chi connectivity index (χ0v) is 22.5. The number of ether oxygens (including phenoxy) is 3. The number of benzene rings is 3. The first-order valence-corrected chi connectivity index (χ1v) is 13.5. The highest BCUT2D eigenvalue weighted by molar-refractivity contribution is 9.10. The molecule has 3 aromatic carbocycles. The molecule has 0 unspecified atom stereocenters. The van der Waals surface area contributed by atoms with Crippen molar-refractivity contribution in [1.29, 1.82) is 0 Å². The van der Waals surface area contributed by atoms with E-state index >= 15 is 0 Å². The van der Waals surface area contributed by atoms with E-state index in [1.54, 1.807) is 43.5 Å². The first-order valence-electron chi connectivity index (χ1n) is 12.7. The van der Waals surface area contributed by atoms with E-state index < -0.39 is 29.8 Å². The summed E-state index contributed by atoms with van der Waals surface area (Å²) in [6.45, 7) is 0.827. The Hall–Kier alpha value is -4.11. The van der Waals surface area contributed by atoms with Gasteiger partial charge in [-0.1, -0.05) is 30.4 Å². The van der Waals surface area contributed by atoms with Gasteiger partial charge in [0.25, 0.3) is 0 Å². The molecule has 196 valence electrons. The van der Waals surface area contributed by atoms with Crippen LogP contribution in [0.15, 0.2) is 71.2 Å². The van der Waals surface area contributed by atoms with Crippen LogP contribution in [0, 0.1) is 11.8 Å². The lowest BCUT2D eigenvalue weighted by Gasteiger charge is -2.36. The normalized spacial score (nSPS) is 24.4. The summed E-state index contributed by atoms with van der Waals surface area (Å²) in [5, 5.41) is 0. The predicted octanol–water partition coefficient (Wildman–Crippen LogP) is 4.50. The standard InChI is InChI=1S/C30H23BrN2O6/c1-37-22-10-7-17(14-19(22)31)28(34)27-26-25(21-9-6-16-4-2-3-5-20(16)33(21)27)29(35)32(30(26)36)18-8-11-23-24(15-18)39-13-12-38-23/h2-11,14-15,21,25-27H,12-13H2,1H3/t21-,25-,26-,27+/m0/s1. The molecule has 2 fully saturated rings. The maximum Gasteiger partial charge on any atom is 0.240 e. The largest absolute Gasteiger partial charge is 0.496 e. The van der Waals surface area contributed by atoms with Crippen LogP contribution in [0.3, 0.4) is 0 Å². The molecule has 2 amide bonds. The fourth-order valence-corrected chi connectivity index (χ4v) is 6.77. The highest BCUT2D eigenvalue weighted by Gasteiger charge is 2.64. The van der Waals surface area contributed by atoms with E-state index in [1.165, 1.54) is 4.90 Å². The van der Waals surface area contributed by atoms with Gasteiger partial charge in [0.1, 0.15) is 25.0 Å². The first-order chi connectivity index (χ1) is 19.0. The molecular weight excluding hydrogens is 564 g/mol. The number of Topliss-reactive ketones (excluding diaryl/α,β-unsaturated/α-hetero) is 1. The molecule has 0 aromatic heterocycles. The number of halogens is 1. The van der Waals surface area contributed by atoms with Crippen LogP contribution in [-0.4, -0.2) is 50.0 Å². The number of amides is 2. The number of carbonyl (C=O) groups excluding carboxylic acids is 3. The Morgan fingerprint density at radius 1 is 0.949 bits per heavy atom. The SMILES string of the molecule is COc1ccc(C(=O)[C@H]2[C@H]3C(=O)N(c4ccc5c(c4)OCCO5)C(=O)[C@H]3[C@@H]3C=Cc4ccccc4N32)cc1Br. The van der Waals surface area contributed by atoms with Crippen molar-refractivity contribution in [2.24, 2.45) is 11.8 Å². The number of hydrogen-bond donors (Lipinski definition) is 0. The highest BCUT2D eigenvalue weighted by Crippen LogP contribution is 2.50.